The molecular weight excluding hydrogens is 344 g/mol. The van der Waals surface area contributed by atoms with Crippen molar-refractivity contribution in [3.8, 4) is 0 Å². The summed E-state index contributed by atoms with van der Waals surface area (Å²) < 4.78 is 0. The summed E-state index contributed by atoms with van der Waals surface area (Å²) in [6.07, 6.45) is 4.49. The highest BCUT2D eigenvalue weighted by atomic mass is 16.1. The summed E-state index contributed by atoms with van der Waals surface area (Å²) in [6.45, 7) is 7.72. The van der Waals surface area contributed by atoms with Crippen molar-refractivity contribution in [2.75, 3.05) is 6.54 Å². The normalized spacial score (nSPS) is 15.1. The number of benzene rings is 2. The van der Waals surface area contributed by atoms with Gasteiger partial charge in [-0.25, -0.2) is 0 Å². The van der Waals surface area contributed by atoms with Crippen LogP contribution in [0.3, 0.4) is 0 Å². The molecule has 0 saturated carbocycles. The highest BCUT2D eigenvalue weighted by Gasteiger charge is 2.23. The SMILES string of the molecule is CCc1cc2c(cc1CC)CC(NC[C@H](C)c1cccc3[nH]c(=O)ccc13)C2. The van der Waals surface area contributed by atoms with Crippen molar-refractivity contribution in [1.82, 2.24) is 10.3 Å². The zero-order valence-electron chi connectivity index (χ0n) is 17.1. The maximum atomic E-state index is 11.6. The molecule has 1 aliphatic carbocycles. The molecule has 2 N–H and O–H groups in total. The third-order valence-electron chi connectivity index (χ3n) is 6.26. The van der Waals surface area contributed by atoms with Gasteiger partial charge in [0.15, 0.2) is 0 Å². The van der Waals surface area contributed by atoms with E-state index in [9.17, 15) is 4.79 Å². The average Bonchev–Trinajstić information content (AvgIpc) is 3.11. The van der Waals surface area contributed by atoms with Gasteiger partial charge in [-0.1, -0.05) is 45.0 Å². The average molecular weight is 375 g/mol. The van der Waals surface area contributed by atoms with E-state index >= 15 is 0 Å². The summed E-state index contributed by atoms with van der Waals surface area (Å²) in [5.74, 6) is 0.385. The minimum Gasteiger partial charge on any atom is -0.322 e. The Hall–Kier alpha value is -2.39. The van der Waals surface area contributed by atoms with Crippen molar-refractivity contribution < 1.29 is 0 Å². The first-order chi connectivity index (χ1) is 13.6. The molecule has 0 saturated heterocycles. The van der Waals surface area contributed by atoms with Crippen LogP contribution in [0.4, 0.5) is 0 Å². The number of hydrogen-bond acceptors (Lipinski definition) is 2. The van der Waals surface area contributed by atoms with Gasteiger partial charge >= 0.3 is 0 Å². The first kappa shape index (κ1) is 18.9. The molecule has 1 aromatic heterocycles. The van der Waals surface area contributed by atoms with Gasteiger partial charge in [-0.05, 0) is 71.6 Å². The van der Waals surface area contributed by atoms with E-state index in [0.29, 0.717) is 12.0 Å². The van der Waals surface area contributed by atoms with Crippen LogP contribution in [0.2, 0.25) is 0 Å². The number of aromatic nitrogens is 1. The van der Waals surface area contributed by atoms with Crippen LogP contribution in [0.1, 0.15) is 54.5 Å². The van der Waals surface area contributed by atoms with Crippen molar-refractivity contribution in [2.24, 2.45) is 0 Å². The molecule has 3 aromatic rings. The molecule has 0 unspecified atom stereocenters. The fraction of sp³-hybridized carbons (Fsp3) is 0.400. The Morgan fingerprint density at radius 3 is 2.36 bits per heavy atom. The van der Waals surface area contributed by atoms with E-state index in [0.717, 1.165) is 43.1 Å². The van der Waals surface area contributed by atoms with Crippen LogP contribution < -0.4 is 10.9 Å². The molecule has 1 heterocycles. The van der Waals surface area contributed by atoms with Crippen molar-refractivity contribution in [2.45, 2.75) is 58.4 Å². The molecule has 4 rings (SSSR count). The second kappa shape index (κ2) is 7.92. The molecule has 3 nitrogen and oxygen atoms in total. The van der Waals surface area contributed by atoms with Gasteiger partial charge in [-0.2, -0.15) is 0 Å². The highest BCUT2D eigenvalue weighted by Crippen LogP contribution is 2.28. The van der Waals surface area contributed by atoms with Gasteiger partial charge < -0.3 is 10.3 Å². The van der Waals surface area contributed by atoms with E-state index in [1.807, 2.05) is 18.2 Å². The van der Waals surface area contributed by atoms with E-state index in [1.165, 1.54) is 27.8 Å². The molecule has 0 fully saturated rings. The largest absolute Gasteiger partial charge is 0.322 e. The summed E-state index contributed by atoms with van der Waals surface area (Å²) in [4.78, 5) is 14.5. The first-order valence-corrected chi connectivity index (χ1v) is 10.6. The topological polar surface area (TPSA) is 44.9 Å². The van der Waals surface area contributed by atoms with Gasteiger partial charge in [0.1, 0.15) is 0 Å². The smallest absolute Gasteiger partial charge is 0.248 e. The van der Waals surface area contributed by atoms with Gasteiger partial charge in [0.2, 0.25) is 5.56 Å². The number of hydrogen-bond donors (Lipinski definition) is 2. The van der Waals surface area contributed by atoms with Gasteiger partial charge in [-0.3, -0.25) is 4.79 Å². The fourth-order valence-corrected chi connectivity index (χ4v) is 4.67. The molecule has 1 atom stereocenters. The maximum Gasteiger partial charge on any atom is 0.248 e. The van der Waals surface area contributed by atoms with Crippen molar-refractivity contribution >= 4 is 10.9 Å². The fourth-order valence-electron chi connectivity index (χ4n) is 4.67. The molecule has 1 aliphatic rings. The van der Waals surface area contributed by atoms with Crippen molar-refractivity contribution in [3.63, 3.8) is 0 Å². The molecule has 0 spiro atoms. The Morgan fingerprint density at radius 2 is 1.71 bits per heavy atom. The van der Waals surface area contributed by atoms with E-state index in [4.69, 9.17) is 0 Å². The van der Waals surface area contributed by atoms with E-state index in [1.54, 1.807) is 6.07 Å². The van der Waals surface area contributed by atoms with E-state index < -0.39 is 0 Å². The van der Waals surface area contributed by atoms with Crippen LogP contribution in [-0.2, 0) is 25.7 Å². The summed E-state index contributed by atoms with van der Waals surface area (Å²) in [7, 11) is 0. The molecule has 0 bridgehead atoms. The Bertz CT molecular complexity index is 1020. The standard InChI is InChI=1S/C25H30N2O/c1-4-17-11-19-13-21(14-20(19)12-18(17)5-2)26-15-16(3)22-7-6-8-24-23(22)9-10-25(28)27-24/h6-12,16,21,26H,4-5,13-15H2,1-3H3,(H,27,28)/t16-/m0/s1. The van der Waals surface area contributed by atoms with Crippen LogP contribution in [0.5, 0.6) is 0 Å². The Morgan fingerprint density at radius 1 is 1.04 bits per heavy atom. The summed E-state index contributed by atoms with van der Waals surface area (Å²) >= 11 is 0. The zero-order chi connectivity index (χ0) is 19.7. The quantitative estimate of drug-likeness (QED) is 0.667. The minimum atomic E-state index is -0.0444. The summed E-state index contributed by atoms with van der Waals surface area (Å²) in [5.41, 5.74) is 8.25. The number of aromatic amines is 1. The van der Waals surface area contributed by atoms with Gasteiger partial charge in [0, 0.05) is 29.6 Å². The van der Waals surface area contributed by atoms with E-state index in [2.05, 4.69) is 49.3 Å². The van der Waals surface area contributed by atoms with Gasteiger partial charge in [-0.15, -0.1) is 0 Å². The lowest BCUT2D eigenvalue weighted by Crippen LogP contribution is -2.32. The molecule has 2 aromatic carbocycles. The minimum absolute atomic E-state index is 0.0444. The molecule has 146 valence electrons. The van der Waals surface area contributed by atoms with E-state index in [-0.39, 0.29) is 5.56 Å². The maximum absolute atomic E-state index is 11.6. The highest BCUT2D eigenvalue weighted by molar-refractivity contribution is 5.82. The summed E-state index contributed by atoms with van der Waals surface area (Å²) in [6, 6.07) is 15.2. The van der Waals surface area contributed by atoms with Crippen LogP contribution in [-0.4, -0.2) is 17.6 Å². The molecular formula is C25H30N2O. The summed E-state index contributed by atoms with van der Waals surface area (Å²) in [5, 5.41) is 4.95. The molecule has 0 aliphatic heterocycles. The monoisotopic (exact) mass is 374 g/mol. The molecule has 28 heavy (non-hydrogen) atoms. The second-order valence-electron chi connectivity index (χ2n) is 8.14. The number of nitrogens with one attached hydrogen (secondary N) is 2. The molecule has 0 amide bonds. The Balaban J connectivity index is 1.46. The van der Waals surface area contributed by atoms with Crippen molar-refractivity contribution in [3.05, 3.63) is 80.6 Å². The number of rotatable bonds is 6. The van der Waals surface area contributed by atoms with Crippen LogP contribution in [0.15, 0.2) is 47.3 Å². The number of pyridine rings is 1. The van der Waals surface area contributed by atoms with Crippen LogP contribution in [0.25, 0.3) is 10.9 Å². The first-order valence-electron chi connectivity index (χ1n) is 10.6. The lowest BCUT2D eigenvalue weighted by Gasteiger charge is -2.18. The molecule has 3 heteroatoms. The predicted molar refractivity (Wildman–Crippen MR) is 117 cm³/mol. The second-order valence-corrected chi connectivity index (χ2v) is 8.14. The zero-order valence-corrected chi connectivity index (χ0v) is 17.1. The van der Waals surface area contributed by atoms with Gasteiger partial charge in [0.05, 0.1) is 0 Å². The third kappa shape index (κ3) is 3.64. The van der Waals surface area contributed by atoms with Crippen molar-refractivity contribution in [1.29, 1.82) is 0 Å². The Labute approximate surface area is 167 Å². The molecule has 0 radical (unpaired) electrons. The predicted octanol–water partition coefficient (Wildman–Crippen LogP) is 4.51. The number of fused-ring (bicyclic) bond motifs is 2. The lowest BCUT2D eigenvalue weighted by molar-refractivity contribution is 0.507. The van der Waals surface area contributed by atoms with Crippen LogP contribution in [0, 0.1) is 0 Å². The Kier molecular flexibility index (Phi) is 5.36. The third-order valence-corrected chi connectivity index (χ3v) is 6.26. The lowest BCUT2D eigenvalue weighted by atomic mass is 9.96. The number of aryl methyl sites for hydroxylation is 2. The van der Waals surface area contributed by atoms with Gasteiger partial charge in [0.25, 0.3) is 0 Å². The number of H-pyrrole nitrogens is 1. The van der Waals surface area contributed by atoms with Crippen LogP contribution >= 0.6 is 0 Å².